The van der Waals surface area contributed by atoms with Crippen LogP contribution >= 0.6 is 0 Å². The quantitative estimate of drug-likeness (QED) is 0.754. The number of nitrogen functional groups attached to an aromatic ring is 2. The van der Waals surface area contributed by atoms with E-state index < -0.39 is 0 Å². The number of aromatic nitrogens is 2. The van der Waals surface area contributed by atoms with E-state index in [1.54, 1.807) is 30.6 Å². The molecule has 3 aromatic rings. The van der Waals surface area contributed by atoms with Gasteiger partial charge in [0.25, 0.3) is 0 Å². The van der Waals surface area contributed by atoms with Crippen LogP contribution in [0.3, 0.4) is 0 Å². The van der Waals surface area contributed by atoms with Crippen molar-refractivity contribution in [1.29, 1.82) is 5.26 Å². The zero-order chi connectivity index (χ0) is 15.5. The Balaban J connectivity index is 2.18. The molecule has 2 aromatic heterocycles. The number of pyridine rings is 2. The summed E-state index contributed by atoms with van der Waals surface area (Å²) in [6.45, 7) is 0. The fraction of sp³-hybridized carbons (Fsp3) is 0. The van der Waals surface area contributed by atoms with E-state index in [1.165, 1.54) is 0 Å². The molecule has 0 atom stereocenters. The molecule has 5 nitrogen and oxygen atoms in total. The third-order valence-electron chi connectivity index (χ3n) is 3.33. The first kappa shape index (κ1) is 13.6. The minimum atomic E-state index is 0.306. The van der Waals surface area contributed by atoms with E-state index in [2.05, 4.69) is 16.0 Å². The molecule has 0 bridgehead atoms. The van der Waals surface area contributed by atoms with Crippen LogP contribution < -0.4 is 11.5 Å². The molecule has 1 aromatic carbocycles. The van der Waals surface area contributed by atoms with Gasteiger partial charge in [0, 0.05) is 29.1 Å². The molecule has 0 fully saturated rings. The summed E-state index contributed by atoms with van der Waals surface area (Å²) in [5.41, 5.74) is 15.9. The number of hydrogen-bond acceptors (Lipinski definition) is 5. The Morgan fingerprint density at radius 3 is 2.59 bits per heavy atom. The highest BCUT2D eigenvalue weighted by Crippen LogP contribution is 2.31. The van der Waals surface area contributed by atoms with Crippen molar-refractivity contribution in [2.75, 3.05) is 11.5 Å². The summed E-state index contributed by atoms with van der Waals surface area (Å²) in [7, 11) is 0. The molecular formula is C17H13N5. The average Bonchev–Trinajstić information content (AvgIpc) is 2.57. The van der Waals surface area contributed by atoms with Crippen molar-refractivity contribution < 1.29 is 0 Å². The first-order valence-electron chi connectivity index (χ1n) is 6.66. The fourth-order valence-electron chi connectivity index (χ4n) is 2.24. The van der Waals surface area contributed by atoms with E-state index in [1.807, 2.05) is 24.3 Å². The lowest BCUT2D eigenvalue weighted by Crippen LogP contribution is -1.98. The molecule has 0 aliphatic carbocycles. The summed E-state index contributed by atoms with van der Waals surface area (Å²) in [6, 6.07) is 15.0. The molecule has 0 unspecified atom stereocenters. The maximum absolute atomic E-state index is 9.05. The van der Waals surface area contributed by atoms with Crippen LogP contribution in [0.15, 0.2) is 54.9 Å². The molecule has 0 aliphatic heterocycles. The molecular weight excluding hydrogens is 274 g/mol. The molecule has 106 valence electrons. The molecule has 2 heterocycles. The molecule has 22 heavy (non-hydrogen) atoms. The van der Waals surface area contributed by atoms with Gasteiger partial charge in [0.2, 0.25) is 0 Å². The maximum atomic E-state index is 9.05. The Labute approximate surface area is 127 Å². The molecule has 5 heteroatoms. The standard InChI is InChI=1S/C17H13N5/c18-9-11-3-1-4-12(7-11)16-14(5-2-6-21-16)13-8-15(19)17(20)22-10-13/h1-8,10H,19H2,(H2,20,22). The second kappa shape index (κ2) is 5.54. The van der Waals surface area contributed by atoms with Crippen LogP contribution in [0.5, 0.6) is 0 Å². The minimum Gasteiger partial charge on any atom is -0.396 e. The molecule has 0 amide bonds. The van der Waals surface area contributed by atoms with Gasteiger partial charge in [-0.2, -0.15) is 5.26 Å². The topological polar surface area (TPSA) is 102 Å². The normalized spacial score (nSPS) is 10.1. The largest absolute Gasteiger partial charge is 0.396 e. The van der Waals surface area contributed by atoms with E-state index in [9.17, 15) is 0 Å². The second-order valence-electron chi connectivity index (χ2n) is 4.79. The molecule has 3 rings (SSSR count). The lowest BCUT2D eigenvalue weighted by molar-refractivity contribution is 1.30. The van der Waals surface area contributed by atoms with Gasteiger partial charge in [-0.25, -0.2) is 4.98 Å². The first-order chi connectivity index (χ1) is 10.7. The average molecular weight is 287 g/mol. The summed E-state index contributed by atoms with van der Waals surface area (Å²) in [6.07, 6.45) is 3.38. The summed E-state index contributed by atoms with van der Waals surface area (Å²) in [5, 5.41) is 9.05. The predicted octanol–water partition coefficient (Wildman–Crippen LogP) is 2.85. The number of nitrogens with zero attached hydrogens (tertiary/aromatic N) is 3. The van der Waals surface area contributed by atoms with Gasteiger partial charge in [-0.05, 0) is 24.3 Å². The van der Waals surface area contributed by atoms with E-state index >= 15 is 0 Å². The number of benzene rings is 1. The van der Waals surface area contributed by atoms with Crippen LogP contribution in [0.2, 0.25) is 0 Å². The third-order valence-corrected chi connectivity index (χ3v) is 3.33. The highest BCUT2D eigenvalue weighted by atomic mass is 14.9. The van der Waals surface area contributed by atoms with Crippen molar-refractivity contribution in [1.82, 2.24) is 9.97 Å². The first-order valence-corrected chi connectivity index (χ1v) is 6.66. The van der Waals surface area contributed by atoms with Gasteiger partial charge in [0.05, 0.1) is 23.0 Å². The smallest absolute Gasteiger partial charge is 0.146 e. The van der Waals surface area contributed by atoms with Crippen molar-refractivity contribution in [3.63, 3.8) is 0 Å². The predicted molar refractivity (Wildman–Crippen MR) is 86.4 cm³/mol. The molecule has 0 saturated carbocycles. The Kier molecular flexibility index (Phi) is 3.42. The van der Waals surface area contributed by atoms with E-state index in [4.69, 9.17) is 16.7 Å². The van der Waals surface area contributed by atoms with Crippen LogP contribution in [0.25, 0.3) is 22.4 Å². The van der Waals surface area contributed by atoms with Crippen molar-refractivity contribution in [3.05, 3.63) is 60.4 Å². The monoisotopic (exact) mass is 287 g/mol. The van der Waals surface area contributed by atoms with E-state index in [0.29, 0.717) is 17.1 Å². The zero-order valence-electron chi connectivity index (χ0n) is 11.7. The molecule has 4 N–H and O–H groups in total. The van der Waals surface area contributed by atoms with E-state index in [0.717, 1.165) is 22.4 Å². The van der Waals surface area contributed by atoms with Crippen molar-refractivity contribution in [3.8, 4) is 28.5 Å². The Hall–Kier alpha value is -3.39. The molecule has 0 saturated heterocycles. The Morgan fingerprint density at radius 1 is 0.955 bits per heavy atom. The molecule has 0 aliphatic rings. The van der Waals surface area contributed by atoms with Crippen LogP contribution in [0.1, 0.15) is 5.56 Å². The van der Waals surface area contributed by atoms with Gasteiger partial charge in [-0.3, -0.25) is 4.98 Å². The minimum absolute atomic E-state index is 0.306. The summed E-state index contributed by atoms with van der Waals surface area (Å²) in [5.74, 6) is 0.306. The van der Waals surface area contributed by atoms with Crippen LogP contribution in [0, 0.1) is 11.3 Å². The molecule has 0 radical (unpaired) electrons. The van der Waals surface area contributed by atoms with Crippen LogP contribution in [0.4, 0.5) is 11.5 Å². The van der Waals surface area contributed by atoms with Gasteiger partial charge >= 0.3 is 0 Å². The van der Waals surface area contributed by atoms with Gasteiger partial charge in [-0.1, -0.05) is 18.2 Å². The van der Waals surface area contributed by atoms with Gasteiger partial charge < -0.3 is 11.5 Å². The van der Waals surface area contributed by atoms with E-state index in [-0.39, 0.29) is 0 Å². The third kappa shape index (κ3) is 2.45. The summed E-state index contributed by atoms with van der Waals surface area (Å²) >= 11 is 0. The number of nitriles is 1. The summed E-state index contributed by atoms with van der Waals surface area (Å²) in [4.78, 5) is 8.54. The SMILES string of the molecule is N#Cc1cccc(-c2ncccc2-c2cnc(N)c(N)c2)c1. The lowest BCUT2D eigenvalue weighted by atomic mass is 9.99. The summed E-state index contributed by atoms with van der Waals surface area (Å²) < 4.78 is 0. The van der Waals surface area contributed by atoms with Crippen LogP contribution in [-0.2, 0) is 0 Å². The number of nitrogens with two attached hydrogens (primary N) is 2. The number of hydrogen-bond donors (Lipinski definition) is 2. The Bertz CT molecular complexity index is 880. The second-order valence-corrected chi connectivity index (χ2v) is 4.79. The Morgan fingerprint density at radius 2 is 1.82 bits per heavy atom. The van der Waals surface area contributed by atoms with Gasteiger partial charge in [0.15, 0.2) is 0 Å². The van der Waals surface area contributed by atoms with Crippen LogP contribution in [-0.4, -0.2) is 9.97 Å². The van der Waals surface area contributed by atoms with Crippen molar-refractivity contribution >= 4 is 11.5 Å². The maximum Gasteiger partial charge on any atom is 0.146 e. The zero-order valence-corrected chi connectivity index (χ0v) is 11.7. The lowest BCUT2D eigenvalue weighted by Gasteiger charge is -2.10. The number of rotatable bonds is 2. The van der Waals surface area contributed by atoms with Crippen molar-refractivity contribution in [2.24, 2.45) is 0 Å². The van der Waals surface area contributed by atoms with Gasteiger partial charge in [0.1, 0.15) is 5.82 Å². The van der Waals surface area contributed by atoms with Crippen molar-refractivity contribution in [2.45, 2.75) is 0 Å². The highest BCUT2D eigenvalue weighted by molar-refractivity contribution is 5.82. The van der Waals surface area contributed by atoms with Gasteiger partial charge in [-0.15, -0.1) is 0 Å². The number of anilines is 2. The molecule has 0 spiro atoms. The fourth-order valence-corrected chi connectivity index (χ4v) is 2.24. The highest BCUT2D eigenvalue weighted by Gasteiger charge is 2.10.